The molecule has 286 valence electrons. The van der Waals surface area contributed by atoms with Crippen LogP contribution in [0.4, 0.5) is 0 Å². The summed E-state index contributed by atoms with van der Waals surface area (Å²) >= 11 is 0. The van der Waals surface area contributed by atoms with Crippen molar-refractivity contribution in [1.29, 1.82) is 0 Å². The number of unbranched alkanes of at least 4 members (excludes halogenated alkanes) is 4. The zero-order valence-corrected chi connectivity index (χ0v) is 32.2. The zero-order valence-electron chi connectivity index (χ0n) is 32.2. The highest BCUT2D eigenvalue weighted by Gasteiger charge is 2.32. The van der Waals surface area contributed by atoms with Gasteiger partial charge >= 0.3 is 11.9 Å². The quantitative estimate of drug-likeness (QED) is 0.0785. The van der Waals surface area contributed by atoms with E-state index in [0.717, 1.165) is 62.0 Å². The van der Waals surface area contributed by atoms with Crippen LogP contribution in [0.25, 0.3) is 0 Å². The maximum Gasteiger partial charge on any atom is 0.302 e. The van der Waals surface area contributed by atoms with Crippen LogP contribution in [-0.2, 0) is 41.5 Å². The molecule has 3 N–H and O–H groups in total. The Morgan fingerprint density at radius 1 is 0.627 bits per heavy atom. The molecule has 2 unspecified atom stereocenters. The van der Waals surface area contributed by atoms with E-state index in [9.17, 15) is 24.3 Å². The summed E-state index contributed by atoms with van der Waals surface area (Å²) in [6.07, 6.45) is 12.1. The first-order chi connectivity index (χ1) is 24.3. The maximum absolute atomic E-state index is 11.8. The summed E-state index contributed by atoms with van der Waals surface area (Å²) in [5.41, 5.74) is 1.02. The van der Waals surface area contributed by atoms with Crippen LogP contribution in [-0.4, -0.2) is 59.8 Å². The number of carbonyl (C=O) groups excluding carboxylic acids is 4. The highest BCUT2D eigenvalue weighted by Crippen LogP contribution is 2.25. The van der Waals surface area contributed by atoms with Crippen LogP contribution < -0.4 is 15.4 Å². The second-order valence-electron chi connectivity index (χ2n) is 13.6. The molecule has 2 atom stereocenters. The molecule has 0 aliphatic carbocycles. The molecule has 0 saturated carbocycles. The molecule has 0 radical (unpaired) electrons. The largest absolute Gasteiger partial charge is 0.508 e. The molecule has 0 fully saturated rings. The molecule has 0 spiro atoms. The molecular formula is C41H64N2O8. The number of phenolic OH excluding ortho intramolecular Hbond substituents is 1. The molecule has 10 heteroatoms. The highest BCUT2D eigenvalue weighted by atomic mass is 16.5. The van der Waals surface area contributed by atoms with E-state index < -0.39 is 11.1 Å². The van der Waals surface area contributed by atoms with Crippen molar-refractivity contribution in [2.24, 2.45) is 0 Å². The standard InChI is InChI=1S/C24H39NO4.C17H25NO4/c1-5-7-8-9-10-17-28-23-13-11-12-22(18-23)14-16-24(15-6-2,25-20(3)26)19-29-21(4)27;1-4-9-17(18-13(2)19,12-22-14(3)20)10-8-15-6-5-7-16(21)11-15/h11-13,18H,5-10,14-17,19H2,1-4H3,(H,25,26);5-7,11,21H,4,8-10,12H2,1-3H3,(H,18,19). The number of amides is 2. The fourth-order valence-corrected chi connectivity index (χ4v) is 6.21. The fourth-order valence-electron chi connectivity index (χ4n) is 6.21. The van der Waals surface area contributed by atoms with Crippen LogP contribution >= 0.6 is 0 Å². The summed E-state index contributed by atoms with van der Waals surface area (Å²) in [5, 5.41) is 15.5. The predicted octanol–water partition coefficient (Wildman–Crippen LogP) is 7.77. The van der Waals surface area contributed by atoms with Gasteiger partial charge in [-0.15, -0.1) is 0 Å². The molecule has 0 bridgehead atoms. The molecule has 51 heavy (non-hydrogen) atoms. The third kappa shape index (κ3) is 20.4. The average Bonchev–Trinajstić information content (AvgIpc) is 3.06. The Labute approximate surface area is 306 Å². The third-order valence-corrected chi connectivity index (χ3v) is 8.55. The zero-order chi connectivity index (χ0) is 38.1. The van der Waals surface area contributed by atoms with Crippen molar-refractivity contribution < 1.29 is 38.5 Å². The number of nitrogens with one attached hydrogen (secondary N) is 2. The van der Waals surface area contributed by atoms with Crippen molar-refractivity contribution in [3.63, 3.8) is 0 Å². The van der Waals surface area contributed by atoms with Gasteiger partial charge in [-0.25, -0.2) is 0 Å². The molecule has 0 aliphatic rings. The Morgan fingerprint density at radius 2 is 1.12 bits per heavy atom. The summed E-state index contributed by atoms with van der Waals surface area (Å²) in [4.78, 5) is 45.8. The van der Waals surface area contributed by atoms with E-state index in [0.29, 0.717) is 19.3 Å². The number of phenols is 1. The van der Waals surface area contributed by atoms with E-state index in [-0.39, 0.29) is 42.7 Å². The number of hydrogen-bond acceptors (Lipinski definition) is 8. The number of esters is 2. The van der Waals surface area contributed by atoms with Gasteiger partial charge in [0, 0.05) is 27.7 Å². The number of hydrogen-bond donors (Lipinski definition) is 3. The molecule has 2 aromatic rings. The molecule has 0 saturated heterocycles. The first-order valence-electron chi connectivity index (χ1n) is 18.6. The number of carbonyl (C=O) groups is 4. The van der Waals surface area contributed by atoms with Crippen molar-refractivity contribution in [1.82, 2.24) is 10.6 Å². The van der Waals surface area contributed by atoms with Crippen molar-refractivity contribution in [3.8, 4) is 11.5 Å². The Bertz CT molecular complexity index is 1330. The predicted molar refractivity (Wildman–Crippen MR) is 202 cm³/mol. The van der Waals surface area contributed by atoms with Gasteiger partial charge in [0.05, 0.1) is 17.7 Å². The van der Waals surface area contributed by atoms with Crippen molar-refractivity contribution in [2.75, 3.05) is 19.8 Å². The molecular weight excluding hydrogens is 648 g/mol. The van der Waals surface area contributed by atoms with Gasteiger partial charge in [0.1, 0.15) is 24.7 Å². The highest BCUT2D eigenvalue weighted by molar-refractivity contribution is 5.74. The molecule has 0 heterocycles. The minimum absolute atomic E-state index is 0.106. The summed E-state index contributed by atoms with van der Waals surface area (Å²) in [7, 11) is 0. The number of benzene rings is 2. The molecule has 0 aliphatic heterocycles. The topological polar surface area (TPSA) is 140 Å². The van der Waals surface area contributed by atoms with E-state index >= 15 is 0 Å². The summed E-state index contributed by atoms with van der Waals surface area (Å²) in [6, 6.07) is 15.2. The van der Waals surface area contributed by atoms with Gasteiger partial charge in [0.25, 0.3) is 0 Å². The number of aromatic hydroxyl groups is 1. The number of aryl methyl sites for hydroxylation is 2. The fraction of sp³-hybridized carbons (Fsp3) is 0.610. The van der Waals surface area contributed by atoms with Crippen LogP contribution in [0.5, 0.6) is 11.5 Å². The van der Waals surface area contributed by atoms with Crippen LogP contribution in [0.1, 0.15) is 130 Å². The third-order valence-electron chi connectivity index (χ3n) is 8.55. The monoisotopic (exact) mass is 712 g/mol. The van der Waals surface area contributed by atoms with E-state index in [1.807, 2.05) is 25.1 Å². The van der Waals surface area contributed by atoms with Crippen molar-refractivity contribution in [2.45, 2.75) is 143 Å². The maximum atomic E-state index is 11.8. The average molecular weight is 713 g/mol. The molecule has 10 nitrogen and oxygen atoms in total. The second-order valence-corrected chi connectivity index (χ2v) is 13.6. The number of ether oxygens (including phenoxy) is 3. The lowest BCUT2D eigenvalue weighted by molar-refractivity contribution is -0.145. The second kappa shape index (κ2) is 25.0. The molecule has 0 aromatic heterocycles. The Hall–Kier alpha value is -4.08. The van der Waals surface area contributed by atoms with Gasteiger partial charge in [-0.05, 0) is 80.3 Å². The summed E-state index contributed by atoms with van der Waals surface area (Å²) in [6.45, 7) is 13.1. The SMILES string of the molecule is CCCC(CCc1cccc(O)c1)(COC(C)=O)NC(C)=O.CCCCCCCOc1cccc(CCC(CCC)(COC(C)=O)NC(C)=O)c1. The van der Waals surface area contributed by atoms with Gasteiger partial charge in [0.2, 0.25) is 11.8 Å². The minimum atomic E-state index is -0.572. The lowest BCUT2D eigenvalue weighted by atomic mass is 9.87. The summed E-state index contributed by atoms with van der Waals surface area (Å²) < 4.78 is 16.4. The van der Waals surface area contributed by atoms with E-state index in [2.05, 4.69) is 36.6 Å². The minimum Gasteiger partial charge on any atom is -0.508 e. The smallest absolute Gasteiger partial charge is 0.302 e. The lowest BCUT2D eigenvalue weighted by Crippen LogP contribution is -2.52. The molecule has 2 aromatic carbocycles. The van der Waals surface area contributed by atoms with Crippen molar-refractivity contribution in [3.05, 3.63) is 59.7 Å². The van der Waals surface area contributed by atoms with Gasteiger partial charge in [0.15, 0.2) is 0 Å². The van der Waals surface area contributed by atoms with E-state index in [1.54, 1.807) is 18.2 Å². The molecule has 2 amide bonds. The summed E-state index contributed by atoms with van der Waals surface area (Å²) in [5.74, 6) is 0.173. The van der Waals surface area contributed by atoms with Crippen LogP contribution in [0.15, 0.2) is 48.5 Å². The van der Waals surface area contributed by atoms with Gasteiger partial charge in [-0.1, -0.05) is 83.6 Å². The first-order valence-corrected chi connectivity index (χ1v) is 18.6. The van der Waals surface area contributed by atoms with Crippen LogP contribution in [0.3, 0.4) is 0 Å². The van der Waals surface area contributed by atoms with Crippen molar-refractivity contribution >= 4 is 23.8 Å². The van der Waals surface area contributed by atoms with Gasteiger partial charge < -0.3 is 30.0 Å². The van der Waals surface area contributed by atoms with E-state index in [4.69, 9.17) is 14.2 Å². The van der Waals surface area contributed by atoms with Gasteiger partial charge in [-0.3, -0.25) is 19.2 Å². The Morgan fingerprint density at radius 3 is 1.57 bits per heavy atom. The van der Waals surface area contributed by atoms with Crippen LogP contribution in [0.2, 0.25) is 0 Å². The Kier molecular flexibility index (Phi) is 22.0. The Balaban J connectivity index is 0.000000530. The first kappa shape index (κ1) is 44.9. The molecule has 2 rings (SSSR count). The van der Waals surface area contributed by atoms with Crippen LogP contribution in [0, 0.1) is 0 Å². The van der Waals surface area contributed by atoms with Gasteiger partial charge in [-0.2, -0.15) is 0 Å². The number of rotatable bonds is 23. The van der Waals surface area contributed by atoms with E-state index in [1.165, 1.54) is 53.4 Å². The normalized spacial score (nSPS) is 13.0. The lowest BCUT2D eigenvalue weighted by Gasteiger charge is -2.34.